The Balaban J connectivity index is 3.83. The van der Waals surface area contributed by atoms with Crippen molar-refractivity contribution in [2.45, 2.75) is 12.5 Å². The van der Waals surface area contributed by atoms with E-state index in [0.29, 0.717) is 0 Å². The molecule has 0 bridgehead atoms. The highest BCUT2D eigenvalue weighted by Crippen LogP contribution is 1.95. The monoisotopic (exact) mass is 163 g/mol. The van der Waals surface area contributed by atoms with E-state index in [4.69, 9.17) is 5.11 Å². The van der Waals surface area contributed by atoms with E-state index in [-0.39, 0.29) is 6.42 Å². The molecular formula is C5H9NO3S. The Morgan fingerprint density at radius 1 is 1.70 bits per heavy atom. The molecule has 2 N–H and O–H groups in total. The van der Waals surface area contributed by atoms with Crippen LogP contribution in [0.3, 0.4) is 0 Å². The molecule has 0 radical (unpaired) electrons. The molecule has 1 unspecified atom stereocenters. The predicted octanol–water partition coefficient (Wildman–Crippen LogP) is -0.495. The molecule has 0 aliphatic rings. The van der Waals surface area contributed by atoms with Crippen LogP contribution in [-0.2, 0) is 9.59 Å². The number of likely N-dealkylation sites (N-methyl/N-ethyl adjacent to an activating group) is 1. The Kier molecular flexibility index (Phi) is 4.06. The molecular weight excluding hydrogens is 154 g/mol. The summed E-state index contributed by atoms with van der Waals surface area (Å²) in [6.07, 6.45) is -0.0883. The molecule has 0 aromatic heterocycles. The zero-order chi connectivity index (χ0) is 8.15. The van der Waals surface area contributed by atoms with Crippen molar-refractivity contribution in [3.63, 3.8) is 0 Å². The van der Waals surface area contributed by atoms with Gasteiger partial charge in [0.05, 0.1) is 0 Å². The van der Waals surface area contributed by atoms with Crippen LogP contribution in [0.4, 0.5) is 0 Å². The predicted molar refractivity (Wildman–Crippen MR) is 39.1 cm³/mol. The summed E-state index contributed by atoms with van der Waals surface area (Å²) in [6.45, 7) is 0. The maximum atomic E-state index is 10.3. The number of hydrogen-bond acceptors (Lipinski definition) is 3. The van der Waals surface area contributed by atoms with Gasteiger partial charge in [0.15, 0.2) is 5.12 Å². The summed E-state index contributed by atoms with van der Waals surface area (Å²) in [4.78, 5) is 20.5. The fourth-order valence-electron chi connectivity index (χ4n) is 0.487. The lowest BCUT2D eigenvalue weighted by Crippen LogP contribution is -2.35. The van der Waals surface area contributed by atoms with E-state index < -0.39 is 17.1 Å². The van der Waals surface area contributed by atoms with Crippen molar-refractivity contribution in [3.05, 3.63) is 0 Å². The minimum Gasteiger partial charge on any atom is -0.480 e. The van der Waals surface area contributed by atoms with Gasteiger partial charge in [-0.05, 0) is 7.05 Å². The maximum Gasteiger partial charge on any atom is 0.321 e. The molecule has 0 aliphatic carbocycles. The molecule has 1 atom stereocenters. The Morgan fingerprint density at radius 3 is 2.30 bits per heavy atom. The van der Waals surface area contributed by atoms with E-state index in [0.717, 1.165) is 0 Å². The van der Waals surface area contributed by atoms with Gasteiger partial charge < -0.3 is 10.4 Å². The van der Waals surface area contributed by atoms with Crippen molar-refractivity contribution in [1.29, 1.82) is 0 Å². The Bertz CT molecular complexity index is 148. The summed E-state index contributed by atoms with van der Waals surface area (Å²) < 4.78 is 0. The fourth-order valence-corrected chi connectivity index (χ4v) is 0.670. The fraction of sp³-hybridized carbons (Fsp3) is 0.600. The molecule has 0 saturated carbocycles. The van der Waals surface area contributed by atoms with Crippen molar-refractivity contribution in [1.82, 2.24) is 5.32 Å². The quantitative estimate of drug-likeness (QED) is 0.489. The first-order valence-corrected chi connectivity index (χ1v) is 3.14. The van der Waals surface area contributed by atoms with Gasteiger partial charge in [-0.25, -0.2) is 0 Å². The summed E-state index contributed by atoms with van der Waals surface area (Å²) in [6, 6.07) is -0.815. The average molecular weight is 163 g/mol. The van der Waals surface area contributed by atoms with Crippen molar-refractivity contribution in [2.75, 3.05) is 7.05 Å². The first-order valence-electron chi connectivity index (χ1n) is 2.69. The molecule has 0 aromatic carbocycles. The molecule has 0 spiro atoms. The van der Waals surface area contributed by atoms with Crippen LogP contribution in [0, 0.1) is 0 Å². The van der Waals surface area contributed by atoms with Crippen LogP contribution >= 0.6 is 12.6 Å². The van der Waals surface area contributed by atoms with Gasteiger partial charge in [-0.3, -0.25) is 9.59 Å². The van der Waals surface area contributed by atoms with Gasteiger partial charge in [0.2, 0.25) is 0 Å². The highest BCUT2D eigenvalue weighted by Gasteiger charge is 2.16. The Hall–Kier alpha value is -0.550. The summed E-state index contributed by atoms with van der Waals surface area (Å²) in [5.41, 5.74) is 0. The van der Waals surface area contributed by atoms with E-state index in [9.17, 15) is 9.59 Å². The SMILES string of the molecule is CNC(CC(=O)S)C(=O)O. The van der Waals surface area contributed by atoms with Crippen molar-refractivity contribution in [3.8, 4) is 0 Å². The van der Waals surface area contributed by atoms with E-state index >= 15 is 0 Å². The Labute approximate surface area is 64.0 Å². The van der Waals surface area contributed by atoms with E-state index in [2.05, 4.69) is 17.9 Å². The molecule has 0 amide bonds. The molecule has 0 heterocycles. The summed E-state index contributed by atoms with van der Waals surface area (Å²) in [5.74, 6) is -1.04. The number of hydrogen-bond donors (Lipinski definition) is 3. The number of carbonyl (C=O) groups is 2. The normalized spacial score (nSPS) is 12.6. The van der Waals surface area contributed by atoms with Crippen LogP contribution in [0.1, 0.15) is 6.42 Å². The molecule has 0 aromatic rings. The zero-order valence-electron chi connectivity index (χ0n) is 5.50. The van der Waals surface area contributed by atoms with Crippen LogP contribution in [0.2, 0.25) is 0 Å². The van der Waals surface area contributed by atoms with Gasteiger partial charge in [-0.1, -0.05) is 0 Å². The first-order chi connectivity index (χ1) is 4.57. The topological polar surface area (TPSA) is 66.4 Å². The van der Waals surface area contributed by atoms with Crippen LogP contribution in [-0.4, -0.2) is 29.3 Å². The van der Waals surface area contributed by atoms with Crippen LogP contribution < -0.4 is 5.32 Å². The van der Waals surface area contributed by atoms with E-state index in [1.165, 1.54) is 7.05 Å². The number of carbonyl (C=O) groups excluding carboxylic acids is 1. The third kappa shape index (κ3) is 3.47. The molecule has 10 heavy (non-hydrogen) atoms. The van der Waals surface area contributed by atoms with Crippen molar-refractivity contribution >= 4 is 23.7 Å². The van der Waals surface area contributed by atoms with Crippen LogP contribution in [0.25, 0.3) is 0 Å². The van der Waals surface area contributed by atoms with Crippen molar-refractivity contribution < 1.29 is 14.7 Å². The lowest BCUT2D eigenvalue weighted by Gasteiger charge is -2.06. The number of thiol groups is 1. The highest BCUT2D eigenvalue weighted by atomic mass is 32.1. The largest absolute Gasteiger partial charge is 0.480 e. The minimum atomic E-state index is -1.04. The van der Waals surface area contributed by atoms with E-state index in [1.807, 2.05) is 0 Å². The lowest BCUT2D eigenvalue weighted by molar-refractivity contribution is -0.140. The van der Waals surface area contributed by atoms with Crippen molar-refractivity contribution in [2.24, 2.45) is 0 Å². The van der Waals surface area contributed by atoms with Gasteiger partial charge in [0, 0.05) is 6.42 Å². The molecule has 0 aliphatic heterocycles. The number of aliphatic carboxylic acids is 1. The second-order valence-corrected chi connectivity index (χ2v) is 2.28. The highest BCUT2D eigenvalue weighted by molar-refractivity contribution is 7.96. The standard InChI is InChI=1S/C5H9NO3S/c1-6-3(5(8)9)2-4(7)10/h3,6H,2H2,1H3,(H,7,10)(H,8,9). The third-order valence-corrected chi connectivity index (χ3v) is 1.21. The van der Waals surface area contributed by atoms with Gasteiger partial charge in [-0.2, -0.15) is 0 Å². The maximum absolute atomic E-state index is 10.3. The summed E-state index contributed by atoms with van der Waals surface area (Å²) in [5, 5.41) is 10.4. The second kappa shape index (κ2) is 4.29. The molecule has 0 fully saturated rings. The minimum absolute atomic E-state index is 0.0883. The van der Waals surface area contributed by atoms with Crippen LogP contribution in [0.5, 0.6) is 0 Å². The first kappa shape index (κ1) is 9.45. The summed E-state index contributed by atoms with van der Waals surface area (Å²) in [7, 11) is 1.48. The van der Waals surface area contributed by atoms with Gasteiger partial charge in [0.1, 0.15) is 6.04 Å². The number of nitrogens with one attached hydrogen (secondary N) is 1. The summed E-state index contributed by atoms with van der Waals surface area (Å²) >= 11 is 3.44. The molecule has 0 rings (SSSR count). The molecule has 58 valence electrons. The third-order valence-electron chi connectivity index (χ3n) is 1.03. The molecule has 0 saturated heterocycles. The molecule has 4 nitrogen and oxygen atoms in total. The Morgan fingerprint density at radius 2 is 2.20 bits per heavy atom. The van der Waals surface area contributed by atoms with Gasteiger partial charge in [-0.15, -0.1) is 12.6 Å². The van der Waals surface area contributed by atoms with Crippen LogP contribution in [0.15, 0.2) is 0 Å². The van der Waals surface area contributed by atoms with Gasteiger partial charge >= 0.3 is 5.97 Å². The molecule has 5 heteroatoms. The van der Waals surface area contributed by atoms with E-state index in [1.54, 1.807) is 0 Å². The number of carboxylic acids is 1. The number of rotatable bonds is 4. The lowest BCUT2D eigenvalue weighted by atomic mass is 10.2. The zero-order valence-corrected chi connectivity index (χ0v) is 6.39. The second-order valence-electron chi connectivity index (χ2n) is 1.78. The smallest absolute Gasteiger partial charge is 0.321 e. The average Bonchev–Trinajstić information content (AvgIpc) is 1.81. The number of carboxylic acid groups (broad SMARTS) is 1. The van der Waals surface area contributed by atoms with Gasteiger partial charge in [0.25, 0.3) is 0 Å².